The maximum Gasteiger partial charge on any atom is 0.405 e. The van der Waals surface area contributed by atoms with Crippen molar-refractivity contribution in [2.45, 2.75) is 65.0 Å². The minimum atomic E-state index is -0.987. The Bertz CT molecular complexity index is 1280. The Morgan fingerprint density at radius 2 is 1.83 bits per heavy atom. The maximum absolute atomic E-state index is 13.0. The molecule has 2 aliphatic heterocycles. The highest BCUT2D eigenvalue weighted by atomic mass is 16.6. The average Bonchev–Trinajstić information content (AvgIpc) is 2.90. The number of aromatic hydroxyl groups is 2. The summed E-state index contributed by atoms with van der Waals surface area (Å²) in [6.45, 7) is 8.44. The van der Waals surface area contributed by atoms with Crippen molar-refractivity contribution in [1.82, 2.24) is 0 Å². The topological polar surface area (TPSA) is 164 Å². The summed E-state index contributed by atoms with van der Waals surface area (Å²) in [7, 11) is 2.95. The van der Waals surface area contributed by atoms with Crippen LogP contribution in [0.25, 0.3) is 6.08 Å². The number of ether oxygens (including phenoxy) is 3. The Hall–Kier alpha value is -3.80. The fraction of sp³-hybridized carbons (Fsp3) is 0.484. The van der Waals surface area contributed by atoms with E-state index in [1.165, 1.54) is 20.3 Å². The van der Waals surface area contributed by atoms with Crippen LogP contribution >= 0.6 is 0 Å². The number of aliphatic hydroxyl groups excluding tert-OH is 1. The molecule has 1 aromatic carbocycles. The second kappa shape index (κ2) is 14.4. The minimum absolute atomic E-state index is 0.0527. The standard InChI is InChI=1S/C31H43N3O8/c1-17-13-21-26(34-11-8-12-34)23(35)16-22(28(21)37)33-30(38)18(2)9-7-10-24(40-5)29(42-31(32)39)20(4)15-19(3)27(36)25(14-17)41-6/h7,9-10,13,15-16,19,24-25,27,29,35-37H,8,11-12,14H2,1-6H3,(H2,32,39)(H,33,38)/t19-,24-,25-,27+,29-/m0/s1. The average molecular weight is 586 g/mol. The molecule has 230 valence electrons. The highest BCUT2D eigenvalue weighted by Gasteiger charge is 2.30. The predicted molar refractivity (Wildman–Crippen MR) is 161 cm³/mol. The zero-order valence-corrected chi connectivity index (χ0v) is 25.1. The van der Waals surface area contributed by atoms with Crippen LogP contribution in [-0.2, 0) is 19.0 Å². The number of phenolic OH excluding ortho intramolecular Hbond substituents is 2. The van der Waals surface area contributed by atoms with Gasteiger partial charge >= 0.3 is 6.09 Å². The molecule has 11 heteroatoms. The van der Waals surface area contributed by atoms with Crippen LogP contribution in [0.2, 0.25) is 0 Å². The molecule has 0 radical (unpaired) electrons. The summed E-state index contributed by atoms with van der Waals surface area (Å²) in [5.41, 5.74) is 7.92. The molecule has 2 aliphatic rings. The number of allylic oxidation sites excluding steroid dienone is 2. The molecule has 0 unspecified atom stereocenters. The Morgan fingerprint density at radius 1 is 1.14 bits per heavy atom. The molecule has 1 aromatic rings. The molecule has 2 amide bonds. The van der Waals surface area contributed by atoms with Crippen LogP contribution in [-0.4, -0.2) is 79.0 Å². The fourth-order valence-corrected chi connectivity index (χ4v) is 5.14. The number of amides is 2. The number of hydrogen-bond acceptors (Lipinski definition) is 9. The van der Waals surface area contributed by atoms with E-state index in [4.69, 9.17) is 19.9 Å². The van der Waals surface area contributed by atoms with Gasteiger partial charge in [-0.1, -0.05) is 36.8 Å². The molecule has 2 bridgehead atoms. The van der Waals surface area contributed by atoms with Gasteiger partial charge in [0.2, 0.25) is 0 Å². The number of nitrogens with two attached hydrogens (primary N) is 1. The zero-order valence-electron chi connectivity index (χ0n) is 25.1. The molecule has 2 heterocycles. The molecule has 5 atom stereocenters. The van der Waals surface area contributed by atoms with E-state index in [2.05, 4.69) is 5.32 Å². The van der Waals surface area contributed by atoms with Gasteiger partial charge in [-0.05, 0) is 45.3 Å². The molecule has 0 aromatic heterocycles. The number of carbonyl (C=O) groups excluding carboxylic acids is 2. The number of nitrogens with zero attached hydrogens (tertiary/aromatic N) is 1. The molecule has 11 nitrogen and oxygen atoms in total. The van der Waals surface area contributed by atoms with Crippen LogP contribution in [0.1, 0.15) is 46.1 Å². The van der Waals surface area contributed by atoms with Crippen LogP contribution in [0.5, 0.6) is 11.5 Å². The molecule has 6 N–H and O–H groups in total. The second-order valence-corrected chi connectivity index (χ2v) is 10.9. The normalized spacial score (nSPS) is 26.0. The Balaban J connectivity index is 2.16. The number of carbonyl (C=O) groups is 2. The van der Waals surface area contributed by atoms with Crippen molar-refractivity contribution in [3.05, 3.63) is 52.7 Å². The summed E-state index contributed by atoms with van der Waals surface area (Å²) in [6, 6.07) is 1.34. The molecule has 1 fully saturated rings. The Labute approximate surface area is 246 Å². The van der Waals surface area contributed by atoms with Gasteiger partial charge in [-0.15, -0.1) is 0 Å². The van der Waals surface area contributed by atoms with Gasteiger partial charge in [0, 0.05) is 50.4 Å². The van der Waals surface area contributed by atoms with E-state index in [1.54, 1.807) is 44.2 Å². The summed E-state index contributed by atoms with van der Waals surface area (Å²) in [5, 5.41) is 36.2. The van der Waals surface area contributed by atoms with Crippen LogP contribution in [0.4, 0.5) is 16.2 Å². The van der Waals surface area contributed by atoms with Gasteiger partial charge < -0.3 is 45.5 Å². The smallest absolute Gasteiger partial charge is 0.405 e. The van der Waals surface area contributed by atoms with E-state index in [1.807, 2.05) is 18.7 Å². The van der Waals surface area contributed by atoms with E-state index in [9.17, 15) is 24.9 Å². The molecule has 1 saturated heterocycles. The van der Waals surface area contributed by atoms with Crippen molar-refractivity contribution in [2.24, 2.45) is 11.7 Å². The molecule has 0 spiro atoms. The lowest BCUT2D eigenvalue weighted by Gasteiger charge is -2.35. The summed E-state index contributed by atoms with van der Waals surface area (Å²) in [4.78, 5) is 26.7. The van der Waals surface area contributed by atoms with Crippen LogP contribution in [0.15, 0.2) is 47.1 Å². The van der Waals surface area contributed by atoms with Gasteiger partial charge in [0.15, 0.2) is 6.10 Å². The van der Waals surface area contributed by atoms with E-state index in [-0.39, 0.29) is 17.2 Å². The first kappa shape index (κ1) is 32.7. The number of nitrogens with one attached hydrogen (secondary N) is 1. The largest absolute Gasteiger partial charge is 0.506 e. The number of phenols is 2. The molecule has 0 aliphatic carbocycles. The van der Waals surface area contributed by atoms with Gasteiger partial charge in [0.25, 0.3) is 5.91 Å². The van der Waals surface area contributed by atoms with E-state index in [0.29, 0.717) is 28.8 Å². The lowest BCUT2D eigenvalue weighted by molar-refractivity contribution is -0.112. The number of anilines is 2. The van der Waals surface area contributed by atoms with Crippen molar-refractivity contribution in [3.63, 3.8) is 0 Å². The van der Waals surface area contributed by atoms with Gasteiger partial charge in [-0.2, -0.15) is 0 Å². The zero-order chi connectivity index (χ0) is 31.1. The van der Waals surface area contributed by atoms with Crippen molar-refractivity contribution < 1.29 is 39.1 Å². The lowest BCUT2D eigenvalue weighted by Crippen LogP contribution is -2.37. The second-order valence-electron chi connectivity index (χ2n) is 10.9. The van der Waals surface area contributed by atoms with Crippen LogP contribution in [0, 0.1) is 5.92 Å². The molecule has 42 heavy (non-hydrogen) atoms. The first-order valence-electron chi connectivity index (χ1n) is 13.9. The minimum Gasteiger partial charge on any atom is -0.506 e. The van der Waals surface area contributed by atoms with E-state index >= 15 is 0 Å². The van der Waals surface area contributed by atoms with Crippen molar-refractivity contribution >= 4 is 29.5 Å². The third kappa shape index (κ3) is 7.72. The maximum atomic E-state index is 13.0. The lowest BCUT2D eigenvalue weighted by atomic mass is 9.91. The first-order chi connectivity index (χ1) is 19.9. The monoisotopic (exact) mass is 585 g/mol. The summed E-state index contributed by atoms with van der Waals surface area (Å²) < 4.78 is 16.6. The SMILES string of the molecule is CO[C@H]1C=CC=C(C)C(=O)Nc2cc(O)c(N3CCC3)c(c2O)C=C(C)C[C@H](OC)[C@H](O)[C@@H](C)C=C(C)[C@@H]1OC(N)=O. The number of rotatable bonds is 4. The predicted octanol–water partition coefficient (Wildman–Crippen LogP) is 3.99. The van der Waals surface area contributed by atoms with Crippen molar-refractivity contribution in [3.8, 4) is 11.5 Å². The molecular weight excluding hydrogens is 542 g/mol. The summed E-state index contributed by atoms with van der Waals surface area (Å²) in [6.07, 6.45) is 5.30. The third-order valence-corrected chi connectivity index (χ3v) is 7.64. The Kier molecular flexibility index (Phi) is 11.2. The first-order valence-corrected chi connectivity index (χ1v) is 13.9. The van der Waals surface area contributed by atoms with Crippen LogP contribution < -0.4 is 16.0 Å². The summed E-state index contributed by atoms with van der Waals surface area (Å²) in [5.74, 6) is -1.18. The summed E-state index contributed by atoms with van der Waals surface area (Å²) >= 11 is 0. The third-order valence-electron chi connectivity index (χ3n) is 7.64. The quantitative estimate of drug-likeness (QED) is 0.200. The fourth-order valence-electron chi connectivity index (χ4n) is 5.14. The van der Waals surface area contributed by atoms with Gasteiger partial charge in [0.1, 0.15) is 17.6 Å². The van der Waals surface area contributed by atoms with Crippen molar-refractivity contribution in [1.29, 1.82) is 0 Å². The molecule has 3 rings (SSSR count). The van der Waals surface area contributed by atoms with Gasteiger partial charge in [0.05, 0.1) is 23.6 Å². The molecular formula is C31H43N3O8. The highest BCUT2D eigenvalue weighted by molar-refractivity contribution is 6.05. The number of aliphatic hydroxyl groups is 1. The number of methoxy groups -OCH3 is 2. The van der Waals surface area contributed by atoms with Gasteiger partial charge in [-0.25, -0.2) is 4.79 Å². The van der Waals surface area contributed by atoms with Gasteiger partial charge in [-0.3, -0.25) is 4.79 Å². The number of benzene rings is 1. The Morgan fingerprint density at radius 3 is 2.40 bits per heavy atom. The number of hydrogen-bond donors (Lipinski definition) is 5. The van der Waals surface area contributed by atoms with Crippen molar-refractivity contribution in [2.75, 3.05) is 37.5 Å². The number of primary amides is 1. The van der Waals surface area contributed by atoms with Crippen LogP contribution in [0.3, 0.4) is 0 Å². The molecule has 0 saturated carbocycles. The van der Waals surface area contributed by atoms with E-state index in [0.717, 1.165) is 25.1 Å². The highest BCUT2D eigenvalue weighted by Crippen LogP contribution is 2.45. The van der Waals surface area contributed by atoms with E-state index < -0.39 is 42.3 Å². The number of fused-ring (bicyclic) bond motifs is 2.